The van der Waals surface area contributed by atoms with E-state index in [1.807, 2.05) is 56.3 Å². The first-order valence-corrected chi connectivity index (χ1v) is 11.0. The molecule has 0 N–H and O–H groups in total. The number of hydrogen-bond donors (Lipinski definition) is 0. The Labute approximate surface area is 176 Å². The lowest BCUT2D eigenvalue weighted by Crippen LogP contribution is -2.03. The van der Waals surface area contributed by atoms with Gasteiger partial charge in [0.1, 0.15) is 16.2 Å². The Kier molecular flexibility index (Phi) is 5.49. The van der Waals surface area contributed by atoms with Gasteiger partial charge in [0.15, 0.2) is 5.78 Å². The molecule has 4 rings (SSSR count). The summed E-state index contributed by atoms with van der Waals surface area (Å²) in [7, 11) is 0. The van der Waals surface area contributed by atoms with Gasteiger partial charge in [-0.1, -0.05) is 47.6 Å². The molecule has 0 aliphatic heterocycles. The summed E-state index contributed by atoms with van der Waals surface area (Å²) < 4.78 is 0. The van der Waals surface area contributed by atoms with Crippen LogP contribution in [0.4, 0.5) is 0 Å². The van der Waals surface area contributed by atoms with Crippen LogP contribution in [0.25, 0.3) is 21.3 Å². The van der Waals surface area contributed by atoms with Crippen molar-refractivity contribution in [1.29, 1.82) is 0 Å². The van der Waals surface area contributed by atoms with Crippen LogP contribution in [-0.2, 0) is 0 Å². The van der Waals surface area contributed by atoms with Gasteiger partial charge < -0.3 is 0 Å². The zero-order valence-electron chi connectivity index (χ0n) is 15.4. The third-order valence-electron chi connectivity index (χ3n) is 4.66. The number of aromatic nitrogens is 2. The molecular formula is C22H17ClN2OS2. The molecule has 3 nitrogen and oxygen atoms in total. The normalized spacial score (nSPS) is 11.1. The minimum atomic E-state index is 0.100. The third-order valence-corrected chi connectivity index (χ3v) is 6.79. The summed E-state index contributed by atoms with van der Waals surface area (Å²) in [5.74, 6) is 0.438. The smallest absolute Gasteiger partial charge is 0.173 e. The molecule has 2 heterocycles. The molecular weight excluding hydrogens is 408 g/mol. The minimum absolute atomic E-state index is 0.100. The van der Waals surface area contributed by atoms with Crippen LogP contribution in [0.15, 0.2) is 59.2 Å². The fraction of sp³-hybridized carbons (Fsp3) is 0.136. The van der Waals surface area contributed by atoms with Crippen LogP contribution in [0.1, 0.15) is 21.5 Å². The molecule has 0 saturated heterocycles. The number of hydrogen-bond acceptors (Lipinski definition) is 5. The predicted molar refractivity (Wildman–Crippen MR) is 119 cm³/mol. The quantitative estimate of drug-likeness (QED) is 0.205. The Hall–Kier alpha value is -2.21. The summed E-state index contributed by atoms with van der Waals surface area (Å²) in [5, 5.41) is 4.60. The number of fused-ring (bicyclic) bond motifs is 1. The van der Waals surface area contributed by atoms with E-state index < -0.39 is 0 Å². The Morgan fingerprint density at radius 3 is 2.61 bits per heavy atom. The first-order valence-electron chi connectivity index (χ1n) is 8.74. The number of benzene rings is 2. The Morgan fingerprint density at radius 1 is 1.07 bits per heavy atom. The largest absolute Gasteiger partial charge is 0.293 e. The highest BCUT2D eigenvalue weighted by atomic mass is 35.5. The third kappa shape index (κ3) is 3.83. The van der Waals surface area contributed by atoms with E-state index >= 15 is 0 Å². The van der Waals surface area contributed by atoms with Crippen LogP contribution in [0.3, 0.4) is 0 Å². The minimum Gasteiger partial charge on any atom is -0.293 e. The molecule has 0 unspecified atom stereocenters. The fourth-order valence-corrected chi connectivity index (χ4v) is 4.94. The summed E-state index contributed by atoms with van der Waals surface area (Å²) in [4.78, 5) is 22.4. The molecule has 0 aliphatic rings. The second-order valence-corrected chi connectivity index (χ2v) is 8.78. The van der Waals surface area contributed by atoms with Crippen LogP contribution >= 0.6 is 34.7 Å². The molecule has 6 heteroatoms. The highest BCUT2D eigenvalue weighted by molar-refractivity contribution is 8.00. The number of aryl methyl sites for hydroxylation is 2. The van der Waals surface area contributed by atoms with Gasteiger partial charge in [-0.3, -0.25) is 4.79 Å². The molecule has 0 spiro atoms. The molecule has 0 aliphatic carbocycles. The number of thiophene rings is 1. The number of halogens is 1. The lowest BCUT2D eigenvalue weighted by molar-refractivity contribution is 0.102. The number of ketones is 1. The number of thioether (sulfide) groups is 1. The van der Waals surface area contributed by atoms with Gasteiger partial charge in [0.2, 0.25) is 0 Å². The van der Waals surface area contributed by atoms with E-state index in [2.05, 4.69) is 15.3 Å². The van der Waals surface area contributed by atoms with Crippen molar-refractivity contribution < 1.29 is 4.79 Å². The van der Waals surface area contributed by atoms with Gasteiger partial charge in [0, 0.05) is 21.5 Å². The average molecular weight is 425 g/mol. The summed E-state index contributed by atoms with van der Waals surface area (Å²) in [6.07, 6.45) is 1.56. The maximum absolute atomic E-state index is 12.7. The molecule has 140 valence electrons. The zero-order valence-corrected chi connectivity index (χ0v) is 17.8. The van der Waals surface area contributed by atoms with Gasteiger partial charge in [0.05, 0.1) is 11.1 Å². The van der Waals surface area contributed by atoms with Gasteiger partial charge in [-0.2, -0.15) is 0 Å². The molecule has 0 fully saturated rings. The molecule has 0 amide bonds. The van der Waals surface area contributed by atoms with Gasteiger partial charge in [-0.15, -0.1) is 11.3 Å². The number of nitrogens with zero attached hydrogens (tertiary/aromatic N) is 2. The van der Waals surface area contributed by atoms with Crippen molar-refractivity contribution in [3.05, 3.63) is 75.9 Å². The second-order valence-electron chi connectivity index (χ2n) is 6.53. The highest BCUT2D eigenvalue weighted by Gasteiger charge is 2.15. The molecule has 0 radical (unpaired) electrons. The van der Waals surface area contributed by atoms with Crippen molar-refractivity contribution >= 4 is 50.7 Å². The summed E-state index contributed by atoms with van der Waals surface area (Å²) in [6, 6.07) is 13.6. The lowest BCUT2D eigenvalue weighted by Gasteiger charge is -2.07. The number of carbonyl (C=O) groups excluding carboxylic acids is 1. The van der Waals surface area contributed by atoms with Crippen LogP contribution in [0, 0.1) is 13.8 Å². The number of rotatable bonds is 5. The van der Waals surface area contributed by atoms with Crippen molar-refractivity contribution in [2.75, 3.05) is 5.75 Å². The standard InChI is InChI=1S/C22H17ClN2OS2/c1-13-3-4-16(9-14(13)2)19(26)11-28-22-20-18(10-27-21(20)24-12-25-22)15-5-7-17(23)8-6-15/h3-10,12H,11H2,1-2H3. The van der Waals surface area contributed by atoms with Crippen molar-refractivity contribution in [3.8, 4) is 11.1 Å². The Morgan fingerprint density at radius 2 is 1.86 bits per heavy atom. The Bertz CT molecular complexity index is 1170. The van der Waals surface area contributed by atoms with Gasteiger partial charge in [-0.05, 0) is 48.7 Å². The average Bonchev–Trinajstić information content (AvgIpc) is 3.13. The van der Waals surface area contributed by atoms with E-state index in [1.54, 1.807) is 17.7 Å². The van der Waals surface area contributed by atoms with Crippen molar-refractivity contribution in [1.82, 2.24) is 9.97 Å². The maximum Gasteiger partial charge on any atom is 0.173 e. The summed E-state index contributed by atoms with van der Waals surface area (Å²) in [5.41, 5.74) is 5.19. The van der Waals surface area contributed by atoms with E-state index in [9.17, 15) is 4.79 Å². The molecule has 0 saturated carbocycles. The highest BCUT2D eigenvalue weighted by Crippen LogP contribution is 2.38. The van der Waals surface area contributed by atoms with E-state index in [0.29, 0.717) is 10.8 Å². The van der Waals surface area contributed by atoms with E-state index in [-0.39, 0.29) is 5.78 Å². The molecule has 0 atom stereocenters. The summed E-state index contributed by atoms with van der Waals surface area (Å²) in [6.45, 7) is 4.07. The van der Waals surface area contributed by atoms with Crippen LogP contribution < -0.4 is 0 Å². The molecule has 4 aromatic rings. The first kappa shape index (κ1) is 19.1. The van der Waals surface area contributed by atoms with Crippen LogP contribution in [0.2, 0.25) is 5.02 Å². The maximum atomic E-state index is 12.7. The van der Waals surface area contributed by atoms with Crippen molar-refractivity contribution in [3.63, 3.8) is 0 Å². The number of Topliss-reactive ketones (excluding diaryl/α,β-unsaturated/α-hetero) is 1. The van der Waals surface area contributed by atoms with E-state index in [1.165, 1.54) is 17.3 Å². The van der Waals surface area contributed by atoms with E-state index in [4.69, 9.17) is 11.6 Å². The van der Waals surface area contributed by atoms with Gasteiger partial charge in [0.25, 0.3) is 0 Å². The second kappa shape index (κ2) is 8.03. The topological polar surface area (TPSA) is 42.9 Å². The first-order chi connectivity index (χ1) is 13.5. The number of carbonyl (C=O) groups is 1. The van der Waals surface area contributed by atoms with E-state index in [0.717, 1.165) is 37.5 Å². The van der Waals surface area contributed by atoms with Gasteiger partial charge in [-0.25, -0.2) is 9.97 Å². The molecule has 28 heavy (non-hydrogen) atoms. The monoisotopic (exact) mass is 424 g/mol. The van der Waals surface area contributed by atoms with Crippen molar-refractivity contribution in [2.45, 2.75) is 18.9 Å². The Balaban J connectivity index is 1.63. The zero-order chi connectivity index (χ0) is 19.7. The molecule has 2 aromatic heterocycles. The summed E-state index contributed by atoms with van der Waals surface area (Å²) >= 11 is 9.06. The molecule has 2 aromatic carbocycles. The van der Waals surface area contributed by atoms with Crippen molar-refractivity contribution in [2.24, 2.45) is 0 Å². The van der Waals surface area contributed by atoms with Gasteiger partial charge >= 0.3 is 0 Å². The fourth-order valence-electron chi connectivity index (χ4n) is 2.93. The SMILES string of the molecule is Cc1ccc(C(=O)CSc2ncnc3scc(-c4ccc(Cl)cc4)c23)cc1C. The lowest BCUT2D eigenvalue weighted by atomic mass is 10.0. The van der Waals surface area contributed by atoms with Crippen LogP contribution in [-0.4, -0.2) is 21.5 Å². The molecule has 0 bridgehead atoms. The predicted octanol–water partition coefficient (Wildman–Crippen LogP) is 6.60. The van der Waals surface area contributed by atoms with Crippen LogP contribution in [0.5, 0.6) is 0 Å².